The molecular formula is C17H28ClNO. The largest absolute Gasteiger partial charge is 0.381 e. The van der Waals surface area contributed by atoms with Crippen LogP contribution in [0.2, 0.25) is 5.02 Å². The maximum atomic E-state index is 5.93. The van der Waals surface area contributed by atoms with E-state index in [0.717, 1.165) is 50.6 Å². The Bertz CT molecular complexity index is 339. The first kappa shape index (κ1) is 17.5. The topological polar surface area (TPSA) is 21.3 Å². The van der Waals surface area contributed by atoms with E-state index in [2.05, 4.69) is 31.3 Å². The molecular weight excluding hydrogens is 270 g/mol. The van der Waals surface area contributed by atoms with Crippen molar-refractivity contribution in [3.8, 4) is 0 Å². The summed E-state index contributed by atoms with van der Waals surface area (Å²) in [6.07, 6.45) is 4.56. The monoisotopic (exact) mass is 297 g/mol. The van der Waals surface area contributed by atoms with Gasteiger partial charge in [-0.3, -0.25) is 0 Å². The van der Waals surface area contributed by atoms with E-state index in [0.29, 0.717) is 5.92 Å². The molecule has 0 aromatic heterocycles. The van der Waals surface area contributed by atoms with Crippen molar-refractivity contribution in [3.63, 3.8) is 0 Å². The van der Waals surface area contributed by atoms with Crippen LogP contribution >= 0.6 is 11.6 Å². The molecule has 0 fully saturated rings. The van der Waals surface area contributed by atoms with Gasteiger partial charge in [0, 0.05) is 18.2 Å². The Morgan fingerprint density at radius 1 is 1.15 bits per heavy atom. The summed E-state index contributed by atoms with van der Waals surface area (Å²) in [4.78, 5) is 0. The zero-order valence-corrected chi connectivity index (χ0v) is 13.6. The normalized spacial score (nSPS) is 12.6. The van der Waals surface area contributed by atoms with Crippen LogP contribution < -0.4 is 5.32 Å². The molecule has 0 bridgehead atoms. The van der Waals surface area contributed by atoms with Crippen molar-refractivity contribution in [2.45, 2.75) is 39.5 Å². The zero-order valence-electron chi connectivity index (χ0n) is 12.8. The van der Waals surface area contributed by atoms with Crippen LogP contribution in [-0.2, 0) is 11.2 Å². The van der Waals surface area contributed by atoms with Crippen LogP contribution in [0.15, 0.2) is 24.3 Å². The van der Waals surface area contributed by atoms with E-state index in [4.69, 9.17) is 16.3 Å². The van der Waals surface area contributed by atoms with E-state index < -0.39 is 0 Å². The van der Waals surface area contributed by atoms with E-state index in [-0.39, 0.29) is 0 Å². The van der Waals surface area contributed by atoms with Crippen molar-refractivity contribution in [2.24, 2.45) is 5.92 Å². The summed E-state index contributed by atoms with van der Waals surface area (Å²) in [6, 6.07) is 8.19. The molecule has 1 rings (SSSR count). The highest BCUT2D eigenvalue weighted by atomic mass is 35.5. The molecule has 20 heavy (non-hydrogen) atoms. The van der Waals surface area contributed by atoms with E-state index in [9.17, 15) is 0 Å². The molecule has 1 aromatic carbocycles. The molecule has 0 aliphatic carbocycles. The van der Waals surface area contributed by atoms with Gasteiger partial charge in [0.05, 0.1) is 0 Å². The molecule has 0 saturated heterocycles. The van der Waals surface area contributed by atoms with Crippen molar-refractivity contribution < 1.29 is 4.74 Å². The molecule has 1 N–H and O–H groups in total. The summed E-state index contributed by atoms with van der Waals surface area (Å²) in [7, 11) is 0. The summed E-state index contributed by atoms with van der Waals surface area (Å²) in [6.45, 7) is 8.17. The van der Waals surface area contributed by atoms with Gasteiger partial charge in [-0.15, -0.1) is 0 Å². The molecule has 1 aromatic rings. The number of nitrogens with one attached hydrogen (secondary N) is 1. The van der Waals surface area contributed by atoms with Crippen LogP contribution in [0.5, 0.6) is 0 Å². The van der Waals surface area contributed by atoms with Crippen molar-refractivity contribution in [1.29, 1.82) is 0 Å². The zero-order chi connectivity index (χ0) is 14.6. The summed E-state index contributed by atoms with van der Waals surface area (Å²) in [5.74, 6) is 0.623. The molecule has 0 heterocycles. The summed E-state index contributed by atoms with van der Waals surface area (Å²) < 4.78 is 5.69. The molecule has 114 valence electrons. The fourth-order valence-corrected chi connectivity index (χ4v) is 2.30. The third kappa shape index (κ3) is 7.88. The summed E-state index contributed by atoms with van der Waals surface area (Å²) >= 11 is 5.93. The van der Waals surface area contributed by atoms with Gasteiger partial charge < -0.3 is 10.1 Å². The lowest BCUT2D eigenvalue weighted by Gasteiger charge is -2.17. The van der Waals surface area contributed by atoms with Gasteiger partial charge in [-0.2, -0.15) is 0 Å². The van der Waals surface area contributed by atoms with Gasteiger partial charge >= 0.3 is 0 Å². The fourth-order valence-electron chi connectivity index (χ4n) is 2.18. The third-order valence-electron chi connectivity index (χ3n) is 3.43. The third-order valence-corrected chi connectivity index (χ3v) is 3.69. The van der Waals surface area contributed by atoms with Gasteiger partial charge in [0.15, 0.2) is 0 Å². The van der Waals surface area contributed by atoms with Gasteiger partial charge in [-0.25, -0.2) is 0 Å². The van der Waals surface area contributed by atoms with Crippen LogP contribution in [0, 0.1) is 5.92 Å². The van der Waals surface area contributed by atoms with Crippen molar-refractivity contribution in [1.82, 2.24) is 5.32 Å². The van der Waals surface area contributed by atoms with E-state index >= 15 is 0 Å². The summed E-state index contributed by atoms with van der Waals surface area (Å²) in [5, 5.41) is 4.26. The van der Waals surface area contributed by atoms with Gasteiger partial charge in [0.25, 0.3) is 0 Å². The standard InChI is InChI=1S/C17H28ClNO/c1-3-5-11-20-12-10-16(14-19-4-2)13-15-6-8-17(18)9-7-15/h6-9,16,19H,3-5,10-14H2,1-2H3. The number of rotatable bonds is 11. The lowest BCUT2D eigenvalue weighted by molar-refractivity contribution is 0.117. The number of hydrogen-bond donors (Lipinski definition) is 1. The van der Waals surface area contributed by atoms with Crippen LogP contribution in [0.1, 0.15) is 38.7 Å². The van der Waals surface area contributed by atoms with Gasteiger partial charge in [0.1, 0.15) is 0 Å². The minimum Gasteiger partial charge on any atom is -0.381 e. The highest BCUT2D eigenvalue weighted by Gasteiger charge is 2.09. The molecule has 0 aliphatic heterocycles. The van der Waals surface area contributed by atoms with Gasteiger partial charge in [-0.1, -0.05) is 44.0 Å². The van der Waals surface area contributed by atoms with E-state index in [1.165, 1.54) is 12.0 Å². The second-order valence-corrected chi connectivity index (χ2v) is 5.70. The Labute approximate surface area is 128 Å². The number of hydrogen-bond acceptors (Lipinski definition) is 2. The smallest absolute Gasteiger partial charge is 0.0469 e. The van der Waals surface area contributed by atoms with Crippen molar-refractivity contribution >= 4 is 11.6 Å². The highest BCUT2D eigenvalue weighted by Crippen LogP contribution is 2.15. The van der Waals surface area contributed by atoms with Crippen molar-refractivity contribution in [2.75, 3.05) is 26.3 Å². The van der Waals surface area contributed by atoms with Crippen LogP contribution in [0.3, 0.4) is 0 Å². The molecule has 0 radical (unpaired) electrons. The minimum absolute atomic E-state index is 0.623. The lowest BCUT2D eigenvalue weighted by atomic mass is 9.96. The van der Waals surface area contributed by atoms with E-state index in [1.807, 2.05) is 12.1 Å². The maximum absolute atomic E-state index is 5.93. The lowest BCUT2D eigenvalue weighted by Crippen LogP contribution is -2.25. The van der Waals surface area contributed by atoms with E-state index in [1.54, 1.807) is 0 Å². The fraction of sp³-hybridized carbons (Fsp3) is 0.647. The average Bonchev–Trinajstić information content (AvgIpc) is 2.46. The highest BCUT2D eigenvalue weighted by molar-refractivity contribution is 6.30. The average molecular weight is 298 g/mol. The van der Waals surface area contributed by atoms with Gasteiger partial charge in [0.2, 0.25) is 0 Å². The Balaban J connectivity index is 2.36. The first-order chi connectivity index (χ1) is 9.76. The van der Waals surface area contributed by atoms with Crippen molar-refractivity contribution in [3.05, 3.63) is 34.9 Å². The quantitative estimate of drug-likeness (QED) is 0.614. The Kier molecular flexibility index (Phi) is 9.73. The van der Waals surface area contributed by atoms with Crippen LogP contribution in [0.4, 0.5) is 0 Å². The van der Waals surface area contributed by atoms with Crippen LogP contribution in [0.25, 0.3) is 0 Å². The second kappa shape index (κ2) is 11.1. The molecule has 2 nitrogen and oxygen atoms in total. The minimum atomic E-state index is 0.623. The number of ether oxygens (including phenoxy) is 1. The Hall–Kier alpha value is -0.570. The second-order valence-electron chi connectivity index (χ2n) is 5.26. The molecule has 1 atom stereocenters. The Morgan fingerprint density at radius 3 is 2.55 bits per heavy atom. The molecule has 0 spiro atoms. The first-order valence-corrected chi connectivity index (χ1v) is 8.17. The van der Waals surface area contributed by atoms with Crippen LogP contribution in [-0.4, -0.2) is 26.3 Å². The molecule has 1 unspecified atom stereocenters. The number of benzene rings is 1. The predicted molar refractivity (Wildman–Crippen MR) is 87.5 cm³/mol. The maximum Gasteiger partial charge on any atom is 0.0469 e. The summed E-state index contributed by atoms with van der Waals surface area (Å²) in [5.41, 5.74) is 1.35. The number of unbranched alkanes of at least 4 members (excludes halogenated alkanes) is 1. The predicted octanol–water partition coefficient (Wildman–Crippen LogP) is 4.32. The Morgan fingerprint density at radius 2 is 1.90 bits per heavy atom. The molecule has 0 saturated carbocycles. The molecule has 0 aliphatic rings. The van der Waals surface area contributed by atoms with Gasteiger partial charge in [-0.05, 0) is 56.0 Å². The SMILES string of the molecule is CCCCOCCC(CNCC)Cc1ccc(Cl)cc1. The molecule has 0 amide bonds. The number of halogens is 1. The molecule has 3 heteroatoms. The first-order valence-electron chi connectivity index (χ1n) is 7.79.